The van der Waals surface area contributed by atoms with Crippen molar-refractivity contribution in [1.82, 2.24) is 0 Å². The van der Waals surface area contributed by atoms with Gasteiger partial charge in [-0.25, -0.2) is 8.42 Å². The van der Waals surface area contributed by atoms with Gasteiger partial charge in [-0.3, -0.25) is 0 Å². The Kier molecular flexibility index (Phi) is 5.45. The third-order valence-corrected chi connectivity index (χ3v) is 6.89. The minimum absolute atomic E-state index is 0.113. The van der Waals surface area contributed by atoms with E-state index in [1.807, 2.05) is 30.3 Å². The number of hydrogen-bond acceptors (Lipinski definition) is 4. The molecule has 0 aromatic heterocycles. The van der Waals surface area contributed by atoms with E-state index in [1.165, 1.54) is 5.56 Å². The summed E-state index contributed by atoms with van der Waals surface area (Å²) in [6.07, 6.45) is 0.976. The van der Waals surface area contributed by atoms with Crippen molar-refractivity contribution in [2.75, 3.05) is 30.3 Å². The summed E-state index contributed by atoms with van der Waals surface area (Å²) in [5.74, 6) is 0.652. The lowest BCUT2D eigenvalue weighted by atomic mass is 9.81. The van der Waals surface area contributed by atoms with E-state index in [2.05, 4.69) is 17.0 Å². The summed E-state index contributed by atoms with van der Waals surface area (Å²) in [6, 6.07) is 17.5. The van der Waals surface area contributed by atoms with Gasteiger partial charge in [-0.05, 0) is 42.2 Å². The highest BCUT2D eigenvalue weighted by Gasteiger charge is 2.30. The van der Waals surface area contributed by atoms with Crippen molar-refractivity contribution in [2.24, 2.45) is 5.92 Å². The van der Waals surface area contributed by atoms with Gasteiger partial charge in [-0.15, -0.1) is 0 Å². The van der Waals surface area contributed by atoms with Crippen LogP contribution in [0.4, 0.5) is 5.69 Å². The SMILES string of the molecule is CCS(=O)(=O)c1ccc(N2CC[C@@H](c3ccccc3)[C@@H](CO)C2)cc1. The fraction of sp³-hybridized carbons (Fsp3) is 0.400. The van der Waals surface area contributed by atoms with E-state index in [9.17, 15) is 13.5 Å². The van der Waals surface area contributed by atoms with Crippen molar-refractivity contribution in [2.45, 2.75) is 24.2 Å². The maximum atomic E-state index is 11.9. The van der Waals surface area contributed by atoms with E-state index in [-0.39, 0.29) is 18.3 Å². The number of rotatable bonds is 5. The quantitative estimate of drug-likeness (QED) is 0.891. The largest absolute Gasteiger partial charge is 0.396 e. The normalized spacial score (nSPS) is 21.3. The number of aliphatic hydroxyl groups is 1. The van der Waals surface area contributed by atoms with Crippen LogP contribution in [0.5, 0.6) is 0 Å². The predicted molar refractivity (Wildman–Crippen MR) is 101 cm³/mol. The minimum Gasteiger partial charge on any atom is -0.396 e. The fourth-order valence-corrected chi connectivity index (χ4v) is 4.51. The van der Waals surface area contributed by atoms with E-state index in [0.717, 1.165) is 25.2 Å². The maximum Gasteiger partial charge on any atom is 0.178 e. The third-order valence-electron chi connectivity index (χ3n) is 5.14. The molecule has 1 saturated heterocycles. The molecule has 1 aliphatic heterocycles. The van der Waals surface area contributed by atoms with Crippen molar-refractivity contribution in [3.63, 3.8) is 0 Å². The van der Waals surface area contributed by atoms with Gasteiger partial charge in [-0.2, -0.15) is 0 Å². The van der Waals surface area contributed by atoms with Crippen LogP contribution in [0.15, 0.2) is 59.5 Å². The molecule has 0 radical (unpaired) electrons. The molecule has 2 aromatic carbocycles. The van der Waals surface area contributed by atoms with Crippen molar-refractivity contribution in [3.05, 3.63) is 60.2 Å². The summed E-state index contributed by atoms with van der Waals surface area (Å²) < 4.78 is 23.9. The van der Waals surface area contributed by atoms with E-state index in [4.69, 9.17) is 0 Å². The summed E-state index contributed by atoms with van der Waals surface area (Å²) in [7, 11) is -3.16. The first-order valence-corrected chi connectivity index (χ1v) is 10.4. The molecule has 0 aliphatic carbocycles. The Bertz CT molecular complexity index is 787. The molecular formula is C20H25NO3S. The van der Waals surface area contributed by atoms with E-state index in [1.54, 1.807) is 19.1 Å². The van der Waals surface area contributed by atoms with Gasteiger partial charge in [-0.1, -0.05) is 37.3 Å². The first kappa shape index (κ1) is 18.0. The van der Waals surface area contributed by atoms with Crippen molar-refractivity contribution in [3.8, 4) is 0 Å². The Morgan fingerprint density at radius 1 is 1.08 bits per heavy atom. The molecule has 4 nitrogen and oxygen atoms in total. The van der Waals surface area contributed by atoms with Crippen LogP contribution in [-0.4, -0.2) is 39.0 Å². The lowest BCUT2D eigenvalue weighted by molar-refractivity contribution is 0.189. The second-order valence-electron chi connectivity index (χ2n) is 6.59. The predicted octanol–water partition coefficient (Wildman–Crippen LogP) is 3.08. The molecule has 1 aliphatic rings. The lowest BCUT2D eigenvalue weighted by Gasteiger charge is -2.39. The topological polar surface area (TPSA) is 57.6 Å². The number of aliphatic hydroxyl groups excluding tert-OH is 1. The smallest absolute Gasteiger partial charge is 0.178 e. The molecule has 5 heteroatoms. The van der Waals surface area contributed by atoms with Gasteiger partial charge in [0.05, 0.1) is 10.6 Å². The average molecular weight is 359 g/mol. The number of hydrogen-bond donors (Lipinski definition) is 1. The Hall–Kier alpha value is -1.85. The Balaban J connectivity index is 1.75. The molecule has 1 fully saturated rings. The number of anilines is 1. The molecule has 0 unspecified atom stereocenters. The number of benzene rings is 2. The molecule has 1 heterocycles. The average Bonchev–Trinajstić information content (AvgIpc) is 2.68. The van der Waals surface area contributed by atoms with Gasteiger partial charge in [0, 0.05) is 31.3 Å². The molecule has 2 aromatic rings. The summed E-state index contributed by atoms with van der Waals surface area (Å²) >= 11 is 0. The zero-order valence-corrected chi connectivity index (χ0v) is 15.3. The van der Waals surface area contributed by atoms with E-state index in [0.29, 0.717) is 10.8 Å². The molecule has 1 N–H and O–H groups in total. The zero-order valence-electron chi connectivity index (χ0n) is 14.5. The standard InChI is InChI=1S/C20H25NO3S/c1-2-25(23,24)19-10-8-18(9-11-19)21-13-12-20(17(14-21)15-22)16-6-4-3-5-7-16/h3-11,17,20,22H,2,12-15H2,1H3/t17-,20+/m1/s1. The molecule has 0 bridgehead atoms. The van der Waals surface area contributed by atoms with Crippen LogP contribution in [0.2, 0.25) is 0 Å². The van der Waals surface area contributed by atoms with Gasteiger partial charge in [0.1, 0.15) is 0 Å². The Morgan fingerprint density at radius 2 is 1.76 bits per heavy atom. The summed E-state index contributed by atoms with van der Waals surface area (Å²) in [4.78, 5) is 2.61. The first-order valence-electron chi connectivity index (χ1n) is 8.78. The maximum absolute atomic E-state index is 11.9. The highest BCUT2D eigenvalue weighted by Crippen LogP contribution is 2.34. The highest BCUT2D eigenvalue weighted by molar-refractivity contribution is 7.91. The van der Waals surface area contributed by atoms with Crippen LogP contribution in [0, 0.1) is 5.92 Å². The van der Waals surface area contributed by atoms with Gasteiger partial charge in [0.15, 0.2) is 9.84 Å². The number of sulfone groups is 1. The molecular weight excluding hydrogens is 334 g/mol. The molecule has 2 atom stereocenters. The molecule has 3 rings (SSSR count). The van der Waals surface area contributed by atoms with Crippen LogP contribution in [0.25, 0.3) is 0 Å². The van der Waals surface area contributed by atoms with Crippen LogP contribution in [0.1, 0.15) is 24.8 Å². The zero-order chi connectivity index (χ0) is 17.9. The molecule has 0 spiro atoms. The van der Waals surface area contributed by atoms with Crippen LogP contribution in [0.3, 0.4) is 0 Å². The number of nitrogens with zero attached hydrogens (tertiary/aromatic N) is 1. The molecule has 134 valence electrons. The Labute approximate surface area is 150 Å². The van der Waals surface area contributed by atoms with Crippen molar-refractivity contribution < 1.29 is 13.5 Å². The highest BCUT2D eigenvalue weighted by atomic mass is 32.2. The Morgan fingerprint density at radius 3 is 2.36 bits per heavy atom. The fourth-order valence-electron chi connectivity index (χ4n) is 3.62. The molecule has 0 amide bonds. The lowest BCUT2D eigenvalue weighted by Crippen LogP contribution is -2.41. The molecule has 25 heavy (non-hydrogen) atoms. The van der Waals surface area contributed by atoms with Crippen LogP contribution < -0.4 is 4.90 Å². The first-order chi connectivity index (χ1) is 12.0. The summed E-state index contributed by atoms with van der Waals surface area (Å²) in [6.45, 7) is 3.48. The monoisotopic (exact) mass is 359 g/mol. The summed E-state index contributed by atoms with van der Waals surface area (Å²) in [5.41, 5.74) is 2.30. The van der Waals surface area contributed by atoms with Crippen LogP contribution >= 0.6 is 0 Å². The van der Waals surface area contributed by atoms with Crippen molar-refractivity contribution in [1.29, 1.82) is 0 Å². The van der Waals surface area contributed by atoms with Gasteiger partial charge >= 0.3 is 0 Å². The third kappa shape index (κ3) is 3.88. The second kappa shape index (κ2) is 7.58. The van der Waals surface area contributed by atoms with Crippen molar-refractivity contribution >= 4 is 15.5 Å². The summed E-state index contributed by atoms with van der Waals surface area (Å²) in [5, 5.41) is 9.86. The second-order valence-corrected chi connectivity index (χ2v) is 8.87. The molecule has 0 saturated carbocycles. The van der Waals surface area contributed by atoms with Gasteiger partial charge < -0.3 is 10.0 Å². The van der Waals surface area contributed by atoms with Gasteiger partial charge in [0.25, 0.3) is 0 Å². The van der Waals surface area contributed by atoms with E-state index < -0.39 is 9.84 Å². The minimum atomic E-state index is -3.16. The number of piperidine rings is 1. The van der Waals surface area contributed by atoms with Gasteiger partial charge in [0.2, 0.25) is 0 Å². The van der Waals surface area contributed by atoms with E-state index >= 15 is 0 Å². The van der Waals surface area contributed by atoms with Crippen LogP contribution in [-0.2, 0) is 9.84 Å².